The fourth-order valence-electron chi connectivity index (χ4n) is 4.00. The predicted octanol–water partition coefficient (Wildman–Crippen LogP) is 4.19. The molecule has 150 valence electrons. The minimum atomic E-state index is -0.00953. The van der Waals surface area contributed by atoms with E-state index in [1.807, 2.05) is 18.3 Å². The van der Waals surface area contributed by atoms with E-state index in [-0.39, 0.29) is 12.1 Å². The molecule has 6 heteroatoms. The summed E-state index contributed by atoms with van der Waals surface area (Å²) in [5.74, 6) is 0. The van der Waals surface area contributed by atoms with Gasteiger partial charge in [-0.15, -0.1) is 0 Å². The number of pyridine rings is 1. The van der Waals surface area contributed by atoms with Crippen LogP contribution in [0.2, 0.25) is 0 Å². The van der Waals surface area contributed by atoms with Crippen molar-refractivity contribution in [3.8, 4) is 5.69 Å². The van der Waals surface area contributed by atoms with Crippen molar-refractivity contribution in [2.45, 2.75) is 25.4 Å². The van der Waals surface area contributed by atoms with Gasteiger partial charge in [0.2, 0.25) is 0 Å². The topological polar surface area (TPSA) is 42.3 Å². The molecule has 1 aliphatic rings. The lowest BCUT2D eigenvalue weighted by atomic mass is 10.0. The van der Waals surface area contributed by atoms with Crippen molar-refractivity contribution >= 4 is 17.3 Å². The second-order valence-electron chi connectivity index (χ2n) is 7.31. The van der Waals surface area contributed by atoms with Crippen LogP contribution in [0.5, 0.6) is 0 Å². The van der Waals surface area contributed by atoms with E-state index in [1.54, 1.807) is 7.11 Å². The first kappa shape index (κ1) is 19.6. The van der Waals surface area contributed by atoms with Crippen molar-refractivity contribution in [1.29, 1.82) is 0 Å². The third-order valence-corrected chi connectivity index (χ3v) is 5.66. The van der Waals surface area contributed by atoms with Gasteiger partial charge in [-0.2, -0.15) is 0 Å². The van der Waals surface area contributed by atoms with Crippen LogP contribution in [-0.2, 0) is 4.74 Å². The Hall–Kier alpha value is -2.70. The maximum Gasteiger partial charge on any atom is 0.170 e. The molecular weight excluding hydrogens is 380 g/mol. The van der Waals surface area contributed by atoms with E-state index < -0.39 is 0 Å². The number of nitrogens with one attached hydrogen (secondary N) is 1. The first-order valence-corrected chi connectivity index (χ1v) is 10.3. The molecule has 2 atom stereocenters. The highest BCUT2D eigenvalue weighted by atomic mass is 32.1. The Kier molecular flexibility index (Phi) is 5.92. The van der Waals surface area contributed by atoms with E-state index in [0.717, 1.165) is 29.5 Å². The van der Waals surface area contributed by atoms with Gasteiger partial charge in [0.25, 0.3) is 0 Å². The van der Waals surface area contributed by atoms with Crippen LogP contribution in [0, 0.1) is 6.92 Å². The molecule has 0 bridgehead atoms. The van der Waals surface area contributed by atoms with E-state index >= 15 is 0 Å². The summed E-state index contributed by atoms with van der Waals surface area (Å²) in [5.41, 5.74) is 4.57. The lowest BCUT2D eigenvalue weighted by Crippen LogP contribution is -2.32. The van der Waals surface area contributed by atoms with Crippen LogP contribution in [0.1, 0.15) is 35.5 Å². The molecule has 1 fully saturated rings. The number of ether oxygens (including phenoxy) is 1. The summed E-state index contributed by atoms with van der Waals surface area (Å²) in [6.45, 7) is 3.65. The number of hydrogen-bond donors (Lipinski definition) is 1. The minimum Gasteiger partial charge on any atom is -0.385 e. The summed E-state index contributed by atoms with van der Waals surface area (Å²) in [5, 5.41) is 4.28. The van der Waals surface area contributed by atoms with Crippen molar-refractivity contribution in [3.63, 3.8) is 0 Å². The smallest absolute Gasteiger partial charge is 0.170 e. The number of nitrogens with zero attached hydrogens (tertiary/aromatic N) is 3. The molecule has 0 spiro atoms. The van der Waals surface area contributed by atoms with Crippen molar-refractivity contribution < 1.29 is 4.74 Å². The van der Waals surface area contributed by atoms with Crippen LogP contribution in [0.15, 0.2) is 67.0 Å². The summed E-state index contributed by atoms with van der Waals surface area (Å²) < 4.78 is 7.53. The molecule has 0 amide bonds. The zero-order valence-electron chi connectivity index (χ0n) is 16.8. The zero-order valence-corrected chi connectivity index (χ0v) is 17.6. The average molecular weight is 407 g/mol. The molecule has 0 unspecified atom stereocenters. The standard InChI is InChI=1S/C23H26N4OS/c1-17-8-5-9-18(16-17)26-13-6-11-20(26)22-21(19-10-3-4-12-24-19)25-23(29)27(22)14-7-15-28-2/h3-6,8-13,16,21-22H,7,14-15H2,1-2H3,(H,25,29)/t21-,22-/m1/s1. The van der Waals surface area contributed by atoms with E-state index in [0.29, 0.717) is 6.61 Å². The molecule has 5 nitrogen and oxygen atoms in total. The Morgan fingerprint density at radius 3 is 2.79 bits per heavy atom. The van der Waals surface area contributed by atoms with E-state index in [1.165, 1.54) is 11.3 Å². The molecule has 4 rings (SSSR count). The van der Waals surface area contributed by atoms with Crippen molar-refractivity contribution in [1.82, 2.24) is 19.8 Å². The fraction of sp³-hybridized carbons (Fsp3) is 0.304. The van der Waals surface area contributed by atoms with Crippen LogP contribution in [0.3, 0.4) is 0 Å². The van der Waals surface area contributed by atoms with Gasteiger partial charge in [-0.3, -0.25) is 4.98 Å². The SMILES string of the molecule is COCCCN1C(=S)N[C@H](c2ccccn2)[C@H]1c1cccn1-c1cccc(C)c1. The third kappa shape index (κ3) is 4.04. The number of aryl methyl sites for hydroxylation is 1. The summed E-state index contributed by atoms with van der Waals surface area (Å²) in [6, 6.07) is 18.9. The van der Waals surface area contributed by atoms with Gasteiger partial charge in [-0.05, 0) is 67.5 Å². The lowest BCUT2D eigenvalue weighted by molar-refractivity contribution is 0.180. The molecular formula is C23H26N4OS. The second kappa shape index (κ2) is 8.76. The Morgan fingerprint density at radius 1 is 1.14 bits per heavy atom. The Balaban J connectivity index is 1.76. The highest BCUT2D eigenvalue weighted by Gasteiger charge is 2.40. The predicted molar refractivity (Wildman–Crippen MR) is 119 cm³/mol. The summed E-state index contributed by atoms with van der Waals surface area (Å²) >= 11 is 5.74. The normalized spacial score (nSPS) is 18.8. The van der Waals surface area contributed by atoms with Gasteiger partial charge in [0, 0.05) is 44.0 Å². The highest BCUT2D eigenvalue weighted by Crippen LogP contribution is 2.39. The first-order valence-electron chi connectivity index (χ1n) is 9.90. The summed E-state index contributed by atoms with van der Waals surface area (Å²) in [6.07, 6.45) is 4.87. The van der Waals surface area contributed by atoms with Gasteiger partial charge < -0.3 is 19.5 Å². The summed E-state index contributed by atoms with van der Waals surface area (Å²) in [7, 11) is 1.73. The lowest BCUT2D eigenvalue weighted by Gasteiger charge is -2.29. The number of aromatic nitrogens is 2. The average Bonchev–Trinajstić information content (AvgIpc) is 3.33. The third-order valence-electron chi connectivity index (χ3n) is 5.31. The van der Waals surface area contributed by atoms with E-state index in [2.05, 4.69) is 75.4 Å². The number of thiocarbonyl (C=S) groups is 1. The number of methoxy groups -OCH3 is 1. The van der Waals surface area contributed by atoms with Crippen LogP contribution in [-0.4, -0.2) is 39.8 Å². The Labute approximate surface area is 177 Å². The van der Waals surface area contributed by atoms with Crippen molar-refractivity contribution in [3.05, 3.63) is 83.9 Å². The fourth-order valence-corrected chi connectivity index (χ4v) is 4.33. The molecule has 3 aromatic rings. The van der Waals surface area contributed by atoms with Crippen LogP contribution >= 0.6 is 12.2 Å². The van der Waals surface area contributed by atoms with Crippen molar-refractivity contribution in [2.24, 2.45) is 0 Å². The second-order valence-corrected chi connectivity index (χ2v) is 7.70. The van der Waals surface area contributed by atoms with Crippen molar-refractivity contribution in [2.75, 3.05) is 20.3 Å². The Morgan fingerprint density at radius 2 is 2.03 bits per heavy atom. The minimum absolute atomic E-state index is 0.00953. The summed E-state index contributed by atoms with van der Waals surface area (Å²) in [4.78, 5) is 6.89. The molecule has 2 aromatic heterocycles. The van der Waals surface area contributed by atoms with E-state index in [4.69, 9.17) is 17.0 Å². The van der Waals surface area contributed by atoms with Gasteiger partial charge in [0.1, 0.15) is 0 Å². The maximum atomic E-state index is 5.74. The van der Waals surface area contributed by atoms with Gasteiger partial charge in [0.05, 0.1) is 17.8 Å². The molecule has 0 aliphatic carbocycles. The van der Waals surface area contributed by atoms with Gasteiger partial charge in [0.15, 0.2) is 5.11 Å². The van der Waals surface area contributed by atoms with Gasteiger partial charge in [-0.25, -0.2) is 0 Å². The monoisotopic (exact) mass is 406 g/mol. The molecule has 0 radical (unpaired) electrons. The van der Waals surface area contributed by atoms with Gasteiger partial charge in [-0.1, -0.05) is 18.2 Å². The van der Waals surface area contributed by atoms with Crippen LogP contribution in [0.4, 0.5) is 0 Å². The van der Waals surface area contributed by atoms with Gasteiger partial charge >= 0.3 is 0 Å². The molecule has 29 heavy (non-hydrogen) atoms. The molecule has 3 heterocycles. The number of rotatable bonds is 7. The highest BCUT2D eigenvalue weighted by molar-refractivity contribution is 7.80. The largest absolute Gasteiger partial charge is 0.385 e. The number of hydrogen-bond acceptors (Lipinski definition) is 3. The molecule has 1 aliphatic heterocycles. The Bertz CT molecular complexity index is 972. The molecule has 1 aromatic carbocycles. The first-order chi connectivity index (χ1) is 14.2. The molecule has 0 saturated carbocycles. The molecule has 1 saturated heterocycles. The number of benzene rings is 1. The maximum absolute atomic E-state index is 5.74. The van der Waals surface area contributed by atoms with Crippen LogP contribution in [0.25, 0.3) is 5.69 Å². The quantitative estimate of drug-likeness (QED) is 0.471. The van der Waals surface area contributed by atoms with E-state index in [9.17, 15) is 0 Å². The van der Waals surface area contributed by atoms with Crippen LogP contribution < -0.4 is 5.32 Å². The zero-order chi connectivity index (χ0) is 20.2. The molecule has 1 N–H and O–H groups in total.